The van der Waals surface area contributed by atoms with Gasteiger partial charge in [-0.2, -0.15) is 0 Å². The lowest BCUT2D eigenvalue weighted by Crippen LogP contribution is -2.29. The van der Waals surface area contributed by atoms with E-state index in [0.29, 0.717) is 11.0 Å². The fraction of sp³-hybridized carbons (Fsp3) is 0.143. The van der Waals surface area contributed by atoms with E-state index in [1.54, 1.807) is 12.1 Å². The summed E-state index contributed by atoms with van der Waals surface area (Å²) >= 11 is 0. The van der Waals surface area contributed by atoms with Crippen LogP contribution in [0.2, 0.25) is 0 Å². The fourth-order valence-corrected chi connectivity index (χ4v) is 4.26. The molecule has 0 aliphatic heterocycles. The Balaban J connectivity index is 1.89. The number of fused-ring (bicyclic) bond motifs is 7. The Labute approximate surface area is 145 Å². The molecule has 122 valence electrons. The summed E-state index contributed by atoms with van der Waals surface area (Å²) in [5.41, 5.74) is 6.85. The largest absolute Gasteiger partial charge is 0.488 e. The van der Waals surface area contributed by atoms with Crippen LogP contribution < -0.4 is 5.46 Å². The van der Waals surface area contributed by atoms with Gasteiger partial charge in [0.25, 0.3) is 0 Å². The highest BCUT2D eigenvalue weighted by atomic mass is 16.4. The van der Waals surface area contributed by atoms with Crippen molar-refractivity contribution in [3.8, 4) is 11.1 Å². The summed E-state index contributed by atoms with van der Waals surface area (Å²) in [4.78, 5) is 0. The van der Waals surface area contributed by atoms with Crippen molar-refractivity contribution in [2.45, 2.75) is 19.3 Å². The van der Waals surface area contributed by atoms with Gasteiger partial charge < -0.3 is 14.5 Å². The van der Waals surface area contributed by atoms with Gasteiger partial charge in [-0.25, -0.2) is 0 Å². The van der Waals surface area contributed by atoms with Crippen LogP contribution in [0.25, 0.3) is 33.1 Å². The van der Waals surface area contributed by atoms with Gasteiger partial charge in [0.1, 0.15) is 11.2 Å². The normalized spacial score (nSPS) is 14.7. The Morgan fingerprint density at radius 1 is 0.880 bits per heavy atom. The second kappa shape index (κ2) is 4.75. The van der Waals surface area contributed by atoms with Gasteiger partial charge >= 0.3 is 7.12 Å². The van der Waals surface area contributed by atoms with Crippen LogP contribution in [0.3, 0.4) is 0 Å². The van der Waals surface area contributed by atoms with E-state index in [1.165, 1.54) is 22.3 Å². The van der Waals surface area contributed by atoms with Crippen LogP contribution in [-0.2, 0) is 5.41 Å². The number of rotatable bonds is 1. The maximum Gasteiger partial charge on any atom is 0.488 e. The summed E-state index contributed by atoms with van der Waals surface area (Å²) in [6.07, 6.45) is 0. The van der Waals surface area contributed by atoms with Gasteiger partial charge in [-0.1, -0.05) is 56.3 Å². The topological polar surface area (TPSA) is 53.6 Å². The second-order valence-corrected chi connectivity index (χ2v) is 7.27. The Kier molecular flexibility index (Phi) is 2.80. The molecule has 0 saturated carbocycles. The zero-order valence-electron chi connectivity index (χ0n) is 14.1. The zero-order chi connectivity index (χ0) is 17.3. The van der Waals surface area contributed by atoms with E-state index in [2.05, 4.69) is 50.2 Å². The van der Waals surface area contributed by atoms with Crippen LogP contribution in [0, 0.1) is 0 Å². The first-order chi connectivity index (χ1) is 12.0. The van der Waals surface area contributed by atoms with Crippen molar-refractivity contribution in [2.75, 3.05) is 0 Å². The standard InChI is InChI=1S/C21H17BO3/c1-21(2)17-6-4-3-5-13(17)15-9-10-16-14-8-7-12(22(23)24)11-18(14)25-20(16)19(15)21/h3-11,23-24H,1-2H3. The second-order valence-electron chi connectivity index (χ2n) is 7.27. The highest BCUT2D eigenvalue weighted by molar-refractivity contribution is 6.58. The molecule has 0 spiro atoms. The molecule has 0 unspecified atom stereocenters. The highest BCUT2D eigenvalue weighted by Gasteiger charge is 2.38. The minimum atomic E-state index is -1.50. The molecule has 0 radical (unpaired) electrons. The third kappa shape index (κ3) is 1.84. The Bertz CT molecular complexity index is 1150. The van der Waals surface area contributed by atoms with Crippen LogP contribution in [0.15, 0.2) is 59.0 Å². The van der Waals surface area contributed by atoms with E-state index in [0.717, 1.165) is 16.4 Å². The summed E-state index contributed by atoms with van der Waals surface area (Å²) in [7, 11) is -1.50. The zero-order valence-corrected chi connectivity index (χ0v) is 14.1. The van der Waals surface area contributed by atoms with E-state index in [1.807, 2.05) is 6.07 Å². The fourth-order valence-electron chi connectivity index (χ4n) is 4.26. The van der Waals surface area contributed by atoms with Crippen molar-refractivity contribution in [1.82, 2.24) is 0 Å². The van der Waals surface area contributed by atoms with Crippen molar-refractivity contribution >= 4 is 34.5 Å². The molecule has 3 nitrogen and oxygen atoms in total. The Morgan fingerprint density at radius 3 is 2.44 bits per heavy atom. The monoisotopic (exact) mass is 328 g/mol. The Morgan fingerprint density at radius 2 is 1.64 bits per heavy atom. The van der Waals surface area contributed by atoms with Gasteiger partial charge in [0.15, 0.2) is 0 Å². The van der Waals surface area contributed by atoms with Gasteiger partial charge in [0, 0.05) is 21.8 Å². The van der Waals surface area contributed by atoms with E-state index in [4.69, 9.17) is 4.42 Å². The lowest BCUT2D eigenvalue weighted by molar-refractivity contribution is 0.425. The molecular weight excluding hydrogens is 311 g/mol. The minimum Gasteiger partial charge on any atom is -0.456 e. The van der Waals surface area contributed by atoms with E-state index >= 15 is 0 Å². The third-order valence-corrected chi connectivity index (χ3v) is 5.48. The SMILES string of the molecule is CC1(C)c2ccccc2-c2ccc3c(oc4cc(B(O)O)ccc43)c21. The molecular formula is C21H17BO3. The van der Waals surface area contributed by atoms with Gasteiger partial charge in [-0.3, -0.25) is 0 Å². The minimum absolute atomic E-state index is 0.140. The summed E-state index contributed by atoms with van der Waals surface area (Å²) in [5.74, 6) is 0. The molecule has 1 aromatic heterocycles. The van der Waals surface area contributed by atoms with Crippen molar-refractivity contribution in [2.24, 2.45) is 0 Å². The molecule has 1 aliphatic carbocycles. The molecule has 4 aromatic rings. The maximum absolute atomic E-state index is 9.43. The molecule has 1 aliphatic rings. The van der Waals surface area contributed by atoms with Crippen molar-refractivity contribution in [1.29, 1.82) is 0 Å². The summed E-state index contributed by atoms with van der Waals surface area (Å²) < 4.78 is 6.23. The number of furan rings is 1. The van der Waals surface area contributed by atoms with Crippen molar-refractivity contribution < 1.29 is 14.5 Å². The molecule has 0 fully saturated rings. The first-order valence-electron chi connectivity index (χ1n) is 8.44. The first-order valence-corrected chi connectivity index (χ1v) is 8.44. The van der Waals surface area contributed by atoms with Gasteiger partial charge in [0.05, 0.1) is 0 Å². The van der Waals surface area contributed by atoms with Gasteiger partial charge in [0.2, 0.25) is 0 Å². The molecule has 4 heteroatoms. The lowest BCUT2D eigenvalue weighted by atomic mass is 9.80. The predicted octanol–water partition coefficient (Wildman–Crippen LogP) is 3.57. The molecule has 1 heterocycles. The quantitative estimate of drug-likeness (QED) is 0.525. The van der Waals surface area contributed by atoms with E-state index < -0.39 is 7.12 Å². The van der Waals surface area contributed by atoms with Gasteiger partial charge in [-0.05, 0) is 34.3 Å². The first kappa shape index (κ1) is 14.8. The van der Waals surface area contributed by atoms with E-state index in [9.17, 15) is 10.0 Å². The van der Waals surface area contributed by atoms with E-state index in [-0.39, 0.29) is 5.41 Å². The average Bonchev–Trinajstić information content (AvgIpc) is 3.08. The van der Waals surface area contributed by atoms with Crippen LogP contribution in [0.5, 0.6) is 0 Å². The molecule has 3 aromatic carbocycles. The summed E-state index contributed by atoms with van der Waals surface area (Å²) in [5, 5.41) is 20.9. The number of benzene rings is 3. The van der Waals surface area contributed by atoms with Crippen LogP contribution in [0.1, 0.15) is 25.0 Å². The molecule has 0 amide bonds. The molecule has 2 N–H and O–H groups in total. The van der Waals surface area contributed by atoms with Crippen LogP contribution in [-0.4, -0.2) is 17.2 Å². The number of hydrogen-bond acceptors (Lipinski definition) is 3. The molecule has 0 atom stereocenters. The maximum atomic E-state index is 9.43. The van der Waals surface area contributed by atoms with Crippen molar-refractivity contribution in [3.05, 3.63) is 65.7 Å². The lowest BCUT2D eigenvalue weighted by Gasteiger charge is -2.21. The molecule has 25 heavy (non-hydrogen) atoms. The molecule has 0 bridgehead atoms. The van der Waals surface area contributed by atoms with Crippen LogP contribution >= 0.6 is 0 Å². The van der Waals surface area contributed by atoms with Crippen molar-refractivity contribution in [3.63, 3.8) is 0 Å². The summed E-state index contributed by atoms with van der Waals surface area (Å²) in [6, 6.07) is 18.1. The smallest absolute Gasteiger partial charge is 0.456 e. The van der Waals surface area contributed by atoms with Gasteiger partial charge in [-0.15, -0.1) is 0 Å². The predicted molar refractivity (Wildman–Crippen MR) is 101 cm³/mol. The highest BCUT2D eigenvalue weighted by Crippen LogP contribution is 2.52. The van der Waals surface area contributed by atoms with Crippen LogP contribution in [0.4, 0.5) is 0 Å². The molecule has 5 rings (SSSR count). The Hall–Kier alpha value is -2.56. The third-order valence-electron chi connectivity index (χ3n) is 5.48. The molecule has 0 saturated heterocycles. The average molecular weight is 328 g/mol. The number of hydrogen-bond donors (Lipinski definition) is 2. The summed E-state index contributed by atoms with van der Waals surface area (Å²) in [6.45, 7) is 4.46.